The Morgan fingerprint density at radius 2 is 1.79 bits per heavy atom. The molecule has 1 aromatic heterocycles. The lowest BCUT2D eigenvalue weighted by atomic mass is 10.2. The van der Waals surface area contributed by atoms with E-state index >= 15 is 0 Å². The molecule has 0 saturated carbocycles. The first-order chi connectivity index (χ1) is 13.9. The molecule has 29 heavy (non-hydrogen) atoms. The minimum atomic E-state index is -3.58. The number of rotatable bonds is 4. The van der Waals surface area contributed by atoms with Crippen molar-refractivity contribution in [2.45, 2.75) is 17.9 Å². The highest BCUT2D eigenvalue weighted by molar-refractivity contribution is 9.10. The molecular formula is C20H21BrN4O3S. The third kappa shape index (κ3) is 3.82. The van der Waals surface area contributed by atoms with E-state index in [1.54, 1.807) is 35.5 Å². The Kier molecular flexibility index (Phi) is 5.46. The van der Waals surface area contributed by atoms with Crippen LogP contribution in [0.15, 0.2) is 64.2 Å². The third-order valence-corrected chi connectivity index (χ3v) is 7.63. The standard InChI is InChI=1S/C20H21BrN4O3S/c1-15(25-14-22-18-7-2-3-8-19(18)25)20(26)23-9-11-24(12-10-23)29(27,28)17-6-4-5-16(21)13-17/h2-8,13-15H,9-12H2,1H3. The van der Waals surface area contributed by atoms with Gasteiger partial charge < -0.3 is 9.47 Å². The lowest BCUT2D eigenvalue weighted by Gasteiger charge is -2.35. The molecule has 3 aromatic rings. The molecule has 2 heterocycles. The molecule has 1 fully saturated rings. The molecule has 1 aliphatic heterocycles. The summed E-state index contributed by atoms with van der Waals surface area (Å²) < 4.78 is 29.8. The van der Waals surface area contributed by atoms with Crippen LogP contribution in [0.1, 0.15) is 13.0 Å². The Hall–Kier alpha value is -2.23. The number of halogens is 1. The molecule has 0 N–H and O–H groups in total. The van der Waals surface area contributed by atoms with Crippen molar-refractivity contribution in [3.8, 4) is 0 Å². The monoisotopic (exact) mass is 476 g/mol. The molecule has 0 spiro atoms. The van der Waals surface area contributed by atoms with E-state index in [4.69, 9.17) is 0 Å². The van der Waals surface area contributed by atoms with Crippen LogP contribution in [0, 0.1) is 0 Å². The van der Waals surface area contributed by atoms with Crippen LogP contribution in [0.3, 0.4) is 0 Å². The van der Waals surface area contributed by atoms with Crippen LogP contribution >= 0.6 is 15.9 Å². The van der Waals surface area contributed by atoms with Crippen molar-refractivity contribution in [2.24, 2.45) is 0 Å². The molecule has 152 valence electrons. The summed E-state index contributed by atoms with van der Waals surface area (Å²) in [5.41, 5.74) is 1.75. The first-order valence-electron chi connectivity index (χ1n) is 9.34. The highest BCUT2D eigenvalue weighted by Gasteiger charge is 2.32. The number of para-hydroxylation sites is 2. The predicted molar refractivity (Wildman–Crippen MR) is 114 cm³/mol. The summed E-state index contributed by atoms with van der Waals surface area (Å²) in [7, 11) is -3.58. The van der Waals surface area contributed by atoms with E-state index < -0.39 is 16.1 Å². The van der Waals surface area contributed by atoms with E-state index in [1.165, 1.54) is 4.31 Å². The molecule has 2 aromatic carbocycles. The van der Waals surface area contributed by atoms with Crippen molar-refractivity contribution in [2.75, 3.05) is 26.2 Å². The van der Waals surface area contributed by atoms with Crippen LogP contribution < -0.4 is 0 Å². The number of carbonyl (C=O) groups excluding carboxylic acids is 1. The maximum Gasteiger partial charge on any atom is 0.245 e. The molecule has 0 bridgehead atoms. The van der Waals surface area contributed by atoms with E-state index in [9.17, 15) is 13.2 Å². The van der Waals surface area contributed by atoms with Crippen LogP contribution in [-0.4, -0.2) is 59.3 Å². The van der Waals surface area contributed by atoms with Crippen LogP contribution in [0.5, 0.6) is 0 Å². The Labute approximate surface area is 178 Å². The van der Waals surface area contributed by atoms with Gasteiger partial charge in [0, 0.05) is 30.7 Å². The zero-order valence-electron chi connectivity index (χ0n) is 15.9. The molecule has 0 radical (unpaired) electrons. The van der Waals surface area contributed by atoms with Crippen LogP contribution in [0.25, 0.3) is 11.0 Å². The zero-order valence-corrected chi connectivity index (χ0v) is 18.3. The van der Waals surface area contributed by atoms with Gasteiger partial charge in [-0.1, -0.05) is 34.1 Å². The van der Waals surface area contributed by atoms with Crippen LogP contribution in [0.4, 0.5) is 0 Å². The number of nitrogens with zero attached hydrogens (tertiary/aromatic N) is 4. The Morgan fingerprint density at radius 1 is 1.07 bits per heavy atom. The second-order valence-electron chi connectivity index (χ2n) is 7.00. The van der Waals surface area contributed by atoms with Gasteiger partial charge in [-0.05, 0) is 37.3 Å². The maximum atomic E-state index is 13.0. The third-order valence-electron chi connectivity index (χ3n) is 5.24. The number of amides is 1. The number of imidazole rings is 1. The Bertz CT molecular complexity index is 1150. The second-order valence-corrected chi connectivity index (χ2v) is 9.86. The SMILES string of the molecule is CC(C(=O)N1CCN(S(=O)(=O)c2cccc(Br)c2)CC1)n1cnc2ccccc21. The van der Waals surface area contributed by atoms with Crippen molar-refractivity contribution in [1.82, 2.24) is 18.8 Å². The number of hydrogen-bond donors (Lipinski definition) is 0. The van der Waals surface area contributed by atoms with Gasteiger partial charge in [0.05, 0.1) is 22.3 Å². The summed E-state index contributed by atoms with van der Waals surface area (Å²) in [5.74, 6) is -0.0346. The number of fused-ring (bicyclic) bond motifs is 1. The number of benzene rings is 2. The fraction of sp³-hybridized carbons (Fsp3) is 0.300. The fourth-order valence-corrected chi connectivity index (χ4v) is 5.61. The first kappa shape index (κ1) is 20.1. The second kappa shape index (κ2) is 7.89. The molecule has 1 aliphatic rings. The maximum absolute atomic E-state index is 13.0. The van der Waals surface area contributed by atoms with Gasteiger partial charge in [-0.2, -0.15) is 4.31 Å². The van der Waals surface area contributed by atoms with Gasteiger partial charge in [-0.25, -0.2) is 13.4 Å². The van der Waals surface area contributed by atoms with Crippen molar-refractivity contribution in [3.63, 3.8) is 0 Å². The number of carbonyl (C=O) groups is 1. The van der Waals surface area contributed by atoms with Crippen molar-refractivity contribution in [3.05, 3.63) is 59.3 Å². The first-order valence-corrected chi connectivity index (χ1v) is 11.6. The lowest BCUT2D eigenvalue weighted by Crippen LogP contribution is -2.51. The predicted octanol–water partition coefficient (Wildman–Crippen LogP) is 2.89. The number of hydrogen-bond acceptors (Lipinski definition) is 4. The molecule has 0 aliphatic carbocycles. The fourth-order valence-electron chi connectivity index (χ4n) is 3.60. The molecule has 9 heteroatoms. The van der Waals surface area contributed by atoms with E-state index in [-0.39, 0.29) is 23.9 Å². The van der Waals surface area contributed by atoms with Crippen LogP contribution in [0.2, 0.25) is 0 Å². The van der Waals surface area contributed by atoms with E-state index in [0.29, 0.717) is 17.6 Å². The highest BCUT2D eigenvalue weighted by atomic mass is 79.9. The summed E-state index contributed by atoms with van der Waals surface area (Å²) >= 11 is 3.32. The summed E-state index contributed by atoms with van der Waals surface area (Å²) in [4.78, 5) is 19.4. The van der Waals surface area contributed by atoms with Crippen LogP contribution in [-0.2, 0) is 14.8 Å². The zero-order chi connectivity index (χ0) is 20.6. The van der Waals surface area contributed by atoms with Gasteiger partial charge in [0.25, 0.3) is 0 Å². The average Bonchev–Trinajstić information content (AvgIpc) is 3.17. The smallest absolute Gasteiger partial charge is 0.245 e. The summed E-state index contributed by atoms with van der Waals surface area (Å²) in [5, 5.41) is 0. The van der Waals surface area contributed by atoms with E-state index in [2.05, 4.69) is 20.9 Å². The molecular weight excluding hydrogens is 456 g/mol. The normalized spacial score (nSPS) is 16.8. The topological polar surface area (TPSA) is 75.5 Å². The average molecular weight is 477 g/mol. The number of aromatic nitrogens is 2. The highest BCUT2D eigenvalue weighted by Crippen LogP contribution is 2.23. The van der Waals surface area contributed by atoms with Gasteiger partial charge in [-0.3, -0.25) is 4.79 Å². The molecule has 7 nitrogen and oxygen atoms in total. The van der Waals surface area contributed by atoms with Gasteiger partial charge in [0.15, 0.2) is 0 Å². The van der Waals surface area contributed by atoms with Crippen molar-refractivity contribution >= 4 is 42.9 Å². The number of piperazine rings is 1. The number of sulfonamides is 1. The van der Waals surface area contributed by atoms with Gasteiger partial charge in [-0.15, -0.1) is 0 Å². The molecule has 1 amide bonds. The molecule has 1 unspecified atom stereocenters. The molecule has 1 saturated heterocycles. The quantitative estimate of drug-likeness (QED) is 0.579. The largest absolute Gasteiger partial charge is 0.338 e. The summed E-state index contributed by atoms with van der Waals surface area (Å²) in [6.07, 6.45) is 1.68. The van der Waals surface area contributed by atoms with Gasteiger partial charge >= 0.3 is 0 Å². The molecule has 4 rings (SSSR count). The summed E-state index contributed by atoms with van der Waals surface area (Å²) in [6.45, 7) is 3.13. The Balaban J connectivity index is 1.46. The van der Waals surface area contributed by atoms with E-state index in [1.807, 2.05) is 35.8 Å². The molecule has 1 atom stereocenters. The van der Waals surface area contributed by atoms with E-state index in [0.717, 1.165) is 11.0 Å². The summed E-state index contributed by atoms with van der Waals surface area (Å²) in [6, 6.07) is 14.0. The lowest BCUT2D eigenvalue weighted by molar-refractivity contribution is -0.135. The minimum absolute atomic E-state index is 0.0346. The minimum Gasteiger partial charge on any atom is -0.338 e. The van der Waals surface area contributed by atoms with Crippen molar-refractivity contribution in [1.29, 1.82) is 0 Å². The Morgan fingerprint density at radius 3 is 2.52 bits per heavy atom. The van der Waals surface area contributed by atoms with Crippen molar-refractivity contribution < 1.29 is 13.2 Å². The van der Waals surface area contributed by atoms with Gasteiger partial charge in [0.2, 0.25) is 15.9 Å². The van der Waals surface area contributed by atoms with Gasteiger partial charge in [0.1, 0.15) is 6.04 Å².